The molecule has 0 radical (unpaired) electrons. The molecule has 0 heterocycles. The van der Waals surface area contributed by atoms with Crippen molar-refractivity contribution in [2.24, 2.45) is 0 Å². The third-order valence-electron chi connectivity index (χ3n) is 3.45. The smallest absolute Gasteiger partial charge is 0.247 e. The number of alkyl halides is 17. The Morgan fingerprint density at radius 2 is 0.871 bits per heavy atom. The summed E-state index contributed by atoms with van der Waals surface area (Å²) < 4.78 is 220. The average Bonchev–Trinajstić information content (AvgIpc) is 2.50. The summed E-state index contributed by atoms with van der Waals surface area (Å²) in [5, 5.41) is 0. The highest BCUT2D eigenvalue weighted by Gasteiger charge is 2.92. The van der Waals surface area contributed by atoms with Gasteiger partial charge in [0.05, 0.1) is 0 Å². The normalized spacial score (nSPS) is 18.2. The van der Waals surface area contributed by atoms with Gasteiger partial charge in [-0.3, -0.25) is 0 Å². The topological polar surface area (TPSA) is 0 Å². The van der Waals surface area contributed by atoms with Crippen molar-refractivity contribution in [2.45, 2.75) is 60.1 Å². The Kier molecular flexibility index (Phi) is 8.26. The Labute approximate surface area is 174 Å². The molecular formula is C10H4Cl3F17Si. The van der Waals surface area contributed by atoms with Gasteiger partial charge < -0.3 is 0 Å². The Balaban J connectivity index is 6.39. The molecule has 0 fully saturated rings. The fourth-order valence-electron chi connectivity index (χ4n) is 1.66. The summed E-state index contributed by atoms with van der Waals surface area (Å²) in [7, 11) is 0. The van der Waals surface area contributed by atoms with Crippen molar-refractivity contribution in [3.05, 3.63) is 0 Å². The van der Waals surface area contributed by atoms with Crippen molar-refractivity contribution >= 4 is 39.2 Å². The molecule has 0 aliphatic heterocycles. The van der Waals surface area contributed by atoms with Crippen LogP contribution >= 0.6 is 33.2 Å². The van der Waals surface area contributed by atoms with Crippen LogP contribution in [0.5, 0.6) is 0 Å². The first-order chi connectivity index (χ1) is 13.0. The Hall–Kier alpha value is -0.103. The van der Waals surface area contributed by atoms with Crippen molar-refractivity contribution in [1.82, 2.24) is 0 Å². The summed E-state index contributed by atoms with van der Waals surface area (Å²) in [6.45, 7) is 0. The van der Waals surface area contributed by atoms with Gasteiger partial charge in [-0.25, -0.2) is 17.6 Å². The molecule has 0 nitrogen and oxygen atoms in total. The van der Waals surface area contributed by atoms with E-state index in [4.69, 9.17) is 33.2 Å². The van der Waals surface area contributed by atoms with Crippen LogP contribution in [0.25, 0.3) is 0 Å². The molecule has 0 aliphatic rings. The minimum absolute atomic E-state index is 3.01. The van der Waals surface area contributed by atoms with Crippen molar-refractivity contribution in [2.75, 3.05) is 0 Å². The summed E-state index contributed by atoms with van der Waals surface area (Å²) in [5.41, 5.74) is 0. The van der Waals surface area contributed by atoms with Gasteiger partial charge in [0, 0.05) is 6.42 Å². The fraction of sp³-hybridized carbons (Fsp3) is 1.00. The predicted molar refractivity (Wildman–Crippen MR) is 73.5 cm³/mol. The monoisotopic (exact) mass is 580 g/mol. The van der Waals surface area contributed by atoms with Crippen LogP contribution < -0.4 is 0 Å². The number of hydrogen-bond donors (Lipinski definition) is 0. The highest BCUT2D eigenvalue weighted by Crippen LogP contribution is 2.61. The molecule has 2 unspecified atom stereocenters. The zero-order valence-electron chi connectivity index (χ0n) is 13.4. The number of rotatable bonds is 9. The molecule has 0 saturated heterocycles. The van der Waals surface area contributed by atoms with Crippen LogP contribution in [0.1, 0.15) is 6.42 Å². The maximum absolute atomic E-state index is 13.4. The summed E-state index contributed by atoms with van der Waals surface area (Å²) in [4.78, 5) is 0. The second-order valence-corrected chi connectivity index (χ2v) is 14.6. The van der Waals surface area contributed by atoms with Crippen molar-refractivity contribution in [1.29, 1.82) is 0 Å². The van der Waals surface area contributed by atoms with Gasteiger partial charge in [-0.1, -0.05) is 0 Å². The lowest BCUT2D eigenvalue weighted by molar-refractivity contribution is -0.446. The van der Waals surface area contributed by atoms with E-state index in [-0.39, 0.29) is 0 Å². The minimum Gasteiger partial charge on any atom is -0.247 e. The molecule has 0 aliphatic carbocycles. The summed E-state index contributed by atoms with van der Waals surface area (Å²) >= 11 is 14.5. The van der Waals surface area contributed by atoms with Crippen LogP contribution in [0.4, 0.5) is 74.6 Å². The van der Waals surface area contributed by atoms with Gasteiger partial charge in [-0.15, -0.1) is 33.2 Å². The van der Waals surface area contributed by atoms with E-state index >= 15 is 0 Å². The fourth-order valence-corrected chi connectivity index (χ4v) is 2.86. The molecule has 0 aromatic carbocycles. The Bertz CT molecular complexity index is 639. The van der Waals surface area contributed by atoms with Gasteiger partial charge in [-0.05, 0) is 0 Å². The first-order valence-electron chi connectivity index (χ1n) is 6.72. The molecule has 0 aromatic rings. The largest absolute Gasteiger partial charge is 0.460 e. The molecule has 0 bridgehead atoms. The Morgan fingerprint density at radius 1 is 0.548 bits per heavy atom. The van der Waals surface area contributed by atoms with Gasteiger partial charge in [0.2, 0.25) is 6.17 Å². The van der Waals surface area contributed by atoms with E-state index in [0.717, 1.165) is 0 Å². The quantitative estimate of drug-likeness (QED) is 0.149. The highest BCUT2D eigenvalue weighted by atomic mass is 35.8. The summed E-state index contributed by atoms with van der Waals surface area (Å²) in [6.07, 6.45) is -16.8. The van der Waals surface area contributed by atoms with E-state index in [2.05, 4.69) is 0 Å². The average molecular weight is 582 g/mol. The molecule has 0 spiro atoms. The number of hydrogen-bond acceptors (Lipinski definition) is 0. The van der Waals surface area contributed by atoms with Crippen molar-refractivity contribution in [3.63, 3.8) is 0 Å². The molecular weight excluding hydrogens is 578 g/mol. The lowest BCUT2D eigenvalue weighted by Gasteiger charge is -2.41. The summed E-state index contributed by atoms with van der Waals surface area (Å²) in [6, 6.07) is -4.96. The predicted octanol–water partition coefficient (Wildman–Crippen LogP) is 7.62. The van der Waals surface area contributed by atoms with E-state index in [1.165, 1.54) is 0 Å². The van der Waals surface area contributed by atoms with Gasteiger partial charge in [0.15, 0.2) is 0 Å². The maximum Gasteiger partial charge on any atom is 0.460 e. The van der Waals surface area contributed by atoms with Gasteiger partial charge in [0.1, 0.15) is 5.79 Å². The SMILES string of the molecule is FC(C(F)(F)CC(F)[Si](Cl)(Cl)Cl)C(F)(F)C(F)(F)C(F)(F)C(F)(F)C(F)(F)C(F)(F)F. The van der Waals surface area contributed by atoms with Crippen molar-refractivity contribution < 1.29 is 74.6 Å². The maximum atomic E-state index is 13.4. The lowest BCUT2D eigenvalue weighted by Crippen LogP contribution is -2.72. The van der Waals surface area contributed by atoms with E-state index in [0.29, 0.717) is 0 Å². The number of halogens is 20. The van der Waals surface area contributed by atoms with Crippen LogP contribution in [0.2, 0.25) is 0 Å². The first kappa shape index (κ1) is 30.9. The second kappa shape index (κ2) is 8.28. The van der Waals surface area contributed by atoms with Crippen LogP contribution in [-0.2, 0) is 0 Å². The Morgan fingerprint density at radius 3 is 1.16 bits per heavy atom. The van der Waals surface area contributed by atoms with E-state index < -0.39 is 66.1 Å². The molecule has 2 atom stereocenters. The lowest BCUT2D eigenvalue weighted by atomic mass is 9.89. The third kappa shape index (κ3) is 5.05. The first-order valence-corrected chi connectivity index (χ1v) is 11.8. The van der Waals surface area contributed by atoms with Crippen molar-refractivity contribution in [3.8, 4) is 0 Å². The van der Waals surface area contributed by atoms with Crippen LogP contribution in [0, 0.1) is 0 Å². The molecule has 0 rings (SSSR count). The molecule has 0 N–H and O–H groups in total. The third-order valence-corrected chi connectivity index (χ3v) is 6.50. The summed E-state index contributed by atoms with van der Waals surface area (Å²) in [5.74, 6) is -50.8. The van der Waals surface area contributed by atoms with E-state index in [1.54, 1.807) is 0 Å². The highest BCUT2D eigenvalue weighted by molar-refractivity contribution is 7.65. The van der Waals surface area contributed by atoms with E-state index in [1.807, 2.05) is 0 Å². The van der Waals surface area contributed by atoms with Gasteiger partial charge in [-0.2, -0.15) is 57.1 Å². The molecule has 0 saturated carbocycles. The molecule has 0 amide bonds. The van der Waals surface area contributed by atoms with Gasteiger partial charge in [0.25, 0.3) is 5.92 Å². The van der Waals surface area contributed by atoms with Gasteiger partial charge >= 0.3 is 41.8 Å². The van der Waals surface area contributed by atoms with Crippen LogP contribution in [0.15, 0.2) is 0 Å². The molecule has 31 heavy (non-hydrogen) atoms. The van der Waals surface area contributed by atoms with Crippen LogP contribution in [-0.4, -0.2) is 59.7 Å². The van der Waals surface area contributed by atoms with E-state index in [9.17, 15) is 74.6 Å². The molecule has 0 aromatic heterocycles. The minimum atomic E-state index is -8.48. The zero-order chi connectivity index (χ0) is 25.9. The molecule has 21 heteroatoms. The second-order valence-electron chi connectivity index (χ2n) is 5.76. The van der Waals surface area contributed by atoms with Crippen LogP contribution in [0.3, 0.4) is 0 Å². The molecule has 188 valence electrons. The standard InChI is InChI=1S/C10H4Cl3F17Si/c11-31(12,13)2(14)1-4(16,17)3(15)5(18,19)6(20,21)7(22,23)8(24,25)9(26,27)10(28,29)30/h2-3H,1H2. The zero-order valence-corrected chi connectivity index (χ0v) is 16.7.